The van der Waals surface area contributed by atoms with Crippen molar-refractivity contribution in [2.45, 2.75) is 38.7 Å². The molecular weight excluding hydrogens is 194 g/mol. The van der Waals surface area contributed by atoms with Gasteiger partial charge in [0.25, 0.3) is 0 Å². The first-order chi connectivity index (χ1) is 7.11. The molecular formula is C11H21NO3. The predicted octanol–water partition coefficient (Wildman–Crippen LogP) is 0.786. The number of aliphatic hydroxyl groups is 1. The van der Waals surface area contributed by atoms with E-state index in [1.165, 1.54) is 0 Å². The van der Waals surface area contributed by atoms with Gasteiger partial charge in [0.2, 0.25) is 5.91 Å². The number of likely N-dealkylation sites (tertiary alicyclic amines) is 1. The maximum Gasteiger partial charge on any atom is 0.225 e. The molecule has 1 amide bonds. The number of ether oxygens (including phenoxy) is 1. The Morgan fingerprint density at radius 1 is 1.47 bits per heavy atom. The van der Waals surface area contributed by atoms with Crippen molar-refractivity contribution >= 4 is 5.91 Å². The molecule has 4 nitrogen and oxygen atoms in total. The first-order valence-electron chi connectivity index (χ1n) is 5.69. The van der Waals surface area contributed by atoms with E-state index >= 15 is 0 Å². The summed E-state index contributed by atoms with van der Waals surface area (Å²) in [7, 11) is 0. The third kappa shape index (κ3) is 3.47. The lowest BCUT2D eigenvalue weighted by atomic mass is 9.89. The zero-order valence-electron chi connectivity index (χ0n) is 9.66. The van der Waals surface area contributed by atoms with Crippen molar-refractivity contribution in [3.8, 4) is 0 Å². The number of hydrogen-bond acceptors (Lipinski definition) is 3. The van der Waals surface area contributed by atoms with Crippen LogP contribution in [0.15, 0.2) is 0 Å². The first kappa shape index (κ1) is 12.5. The molecule has 1 rings (SSSR count). The molecule has 88 valence electrons. The lowest BCUT2D eigenvalue weighted by molar-refractivity contribution is -0.157. The molecule has 0 radical (unpaired) electrons. The second-order valence-electron chi connectivity index (χ2n) is 4.17. The molecule has 1 aliphatic heterocycles. The molecule has 15 heavy (non-hydrogen) atoms. The summed E-state index contributed by atoms with van der Waals surface area (Å²) >= 11 is 0. The van der Waals surface area contributed by atoms with Crippen LogP contribution >= 0.6 is 0 Å². The quantitative estimate of drug-likeness (QED) is 0.666. The van der Waals surface area contributed by atoms with Crippen LogP contribution in [-0.2, 0) is 9.53 Å². The van der Waals surface area contributed by atoms with Gasteiger partial charge in [-0.25, -0.2) is 0 Å². The summed E-state index contributed by atoms with van der Waals surface area (Å²) in [5.41, 5.74) is -0.615. The largest absolute Gasteiger partial charge is 0.386 e. The summed E-state index contributed by atoms with van der Waals surface area (Å²) in [5, 5.41) is 9.88. The van der Waals surface area contributed by atoms with Gasteiger partial charge in [0.15, 0.2) is 0 Å². The van der Waals surface area contributed by atoms with Crippen LogP contribution in [0.2, 0.25) is 0 Å². The van der Waals surface area contributed by atoms with E-state index < -0.39 is 5.60 Å². The molecule has 0 spiro atoms. The van der Waals surface area contributed by atoms with Gasteiger partial charge < -0.3 is 14.7 Å². The van der Waals surface area contributed by atoms with E-state index in [1.807, 2.05) is 13.8 Å². The van der Waals surface area contributed by atoms with Crippen molar-refractivity contribution in [1.29, 1.82) is 0 Å². The average Bonchev–Trinajstić information content (AvgIpc) is 2.14. The Labute approximate surface area is 91.2 Å². The Hall–Kier alpha value is -0.610. The van der Waals surface area contributed by atoms with Gasteiger partial charge in [0, 0.05) is 6.61 Å². The SMILES string of the molecule is CCCC1(O)CN(C(=O)CCOCC)C1. The number of β-amino-alcohol motifs (C(OH)–C–C–N with tert-alkyl or cyclic N) is 1. The van der Waals surface area contributed by atoms with Crippen LogP contribution in [0.1, 0.15) is 33.1 Å². The van der Waals surface area contributed by atoms with Crippen molar-refractivity contribution in [3.05, 3.63) is 0 Å². The number of nitrogens with zero attached hydrogens (tertiary/aromatic N) is 1. The highest BCUT2D eigenvalue weighted by Crippen LogP contribution is 2.26. The van der Waals surface area contributed by atoms with E-state index in [4.69, 9.17) is 4.74 Å². The summed E-state index contributed by atoms with van der Waals surface area (Å²) in [6, 6.07) is 0. The number of hydrogen-bond donors (Lipinski definition) is 1. The minimum absolute atomic E-state index is 0.0872. The van der Waals surface area contributed by atoms with Crippen molar-refractivity contribution in [2.24, 2.45) is 0 Å². The van der Waals surface area contributed by atoms with Gasteiger partial charge in [-0.1, -0.05) is 13.3 Å². The molecule has 0 bridgehead atoms. The van der Waals surface area contributed by atoms with Crippen LogP contribution in [0.5, 0.6) is 0 Å². The van der Waals surface area contributed by atoms with E-state index in [-0.39, 0.29) is 5.91 Å². The molecule has 0 aromatic heterocycles. The molecule has 0 unspecified atom stereocenters. The number of carbonyl (C=O) groups is 1. The normalized spacial score (nSPS) is 18.7. The number of carbonyl (C=O) groups excluding carboxylic acids is 1. The zero-order chi connectivity index (χ0) is 11.3. The molecule has 0 aromatic carbocycles. The maximum atomic E-state index is 11.5. The van der Waals surface area contributed by atoms with Gasteiger partial charge in [-0.05, 0) is 13.3 Å². The molecule has 1 aliphatic rings. The molecule has 0 saturated carbocycles. The third-order valence-corrected chi connectivity index (χ3v) is 2.70. The Bertz CT molecular complexity index is 212. The molecule has 1 N–H and O–H groups in total. The molecule has 0 aliphatic carbocycles. The van der Waals surface area contributed by atoms with Crippen LogP contribution in [0, 0.1) is 0 Å². The second-order valence-corrected chi connectivity index (χ2v) is 4.17. The summed E-state index contributed by atoms with van der Waals surface area (Å²) in [5.74, 6) is 0.0872. The monoisotopic (exact) mass is 215 g/mol. The fraction of sp³-hybridized carbons (Fsp3) is 0.909. The highest BCUT2D eigenvalue weighted by molar-refractivity contribution is 5.77. The maximum absolute atomic E-state index is 11.5. The van der Waals surface area contributed by atoms with Crippen LogP contribution in [0.4, 0.5) is 0 Å². The third-order valence-electron chi connectivity index (χ3n) is 2.70. The average molecular weight is 215 g/mol. The Morgan fingerprint density at radius 2 is 2.13 bits per heavy atom. The molecule has 1 saturated heterocycles. The smallest absolute Gasteiger partial charge is 0.225 e. The summed E-state index contributed by atoms with van der Waals surface area (Å²) in [6.45, 7) is 6.06. The van der Waals surface area contributed by atoms with Crippen LogP contribution in [0.3, 0.4) is 0 Å². The number of amides is 1. The first-order valence-corrected chi connectivity index (χ1v) is 5.69. The molecule has 1 fully saturated rings. The minimum atomic E-state index is -0.615. The van der Waals surface area contributed by atoms with Crippen molar-refractivity contribution in [3.63, 3.8) is 0 Å². The van der Waals surface area contributed by atoms with Crippen LogP contribution in [0.25, 0.3) is 0 Å². The second kappa shape index (κ2) is 5.47. The molecule has 0 aromatic rings. The van der Waals surface area contributed by atoms with Crippen molar-refractivity contribution in [2.75, 3.05) is 26.3 Å². The van der Waals surface area contributed by atoms with E-state index in [9.17, 15) is 9.90 Å². The van der Waals surface area contributed by atoms with Gasteiger partial charge in [0.05, 0.1) is 31.7 Å². The van der Waals surface area contributed by atoms with Gasteiger partial charge in [-0.15, -0.1) is 0 Å². The van der Waals surface area contributed by atoms with E-state index in [1.54, 1.807) is 4.90 Å². The standard InChI is InChI=1S/C11H21NO3/c1-3-6-11(14)8-12(9-11)10(13)5-7-15-4-2/h14H,3-9H2,1-2H3. The van der Waals surface area contributed by atoms with E-state index in [0.717, 1.165) is 12.8 Å². The van der Waals surface area contributed by atoms with Crippen molar-refractivity contribution < 1.29 is 14.6 Å². The highest BCUT2D eigenvalue weighted by Gasteiger charge is 2.42. The molecule has 1 heterocycles. The van der Waals surface area contributed by atoms with Gasteiger partial charge >= 0.3 is 0 Å². The Kier molecular flexibility index (Phi) is 4.54. The fourth-order valence-electron chi connectivity index (χ4n) is 1.93. The summed E-state index contributed by atoms with van der Waals surface area (Å²) in [6.07, 6.45) is 2.16. The van der Waals surface area contributed by atoms with Crippen molar-refractivity contribution in [1.82, 2.24) is 4.90 Å². The topological polar surface area (TPSA) is 49.8 Å². The predicted molar refractivity (Wildman–Crippen MR) is 57.5 cm³/mol. The molecule has 0 atom stereocenters. The summed E-state index contributed by atoms with van der Waals surface area (Å²) in [4.78, 5) is 13.2. The molecule has 4 heteroatoms. The lowest BCUT2D eigenvalue weighted by Gasteiger charge is -2.46. The van der Waals surface area contributed by atoms with Crippen LogP contribution in [-0.4, -0.2) is 47.8 Å². The number of rotatable bonds is 6. The summed E-state index contributed by atoms with van der Waals surface area (Å²) < 4.78 is 5.11. The van der Waals surface area contributed by atoms with E-state index in [0.29, 0.717) is 32.7 Å². The Balaban J connectivity index is 2.17. The Morgan fingerprint density at radius 3 is 2.67 bits per heavy atom. The minimum Gasteiger partial charge on any atom is -0.386 e. The highest BCUT2D eigenvalue weighted by atomic mass is 16.5. The van der Waals surface area contributed by atoms with Gasteiger partial charge in [0.1, 0.15) is 0 Å². The zero-order valence-corrected chi connectivity index (χ0v) is 9.66. The van der Waals surface area contributed by atoms with E-state index in [2.05, 4.69) is 0 Å². The fourth-order valence-corrected chi connectivity index (χ4v) is 1.93. The lowest BCUT2D eigenvalue weighted by Crippen LogP contribution is -2.63. The van der Waals surface area contributed by atoms with Gasteiger partial charge in [-0.3, -0.25) is 4.79 Å². The van der Waals surface area contributed by atoms with Crippen LogP contribution < -0.4 is 0 Å². The van der Waals surface area contributed by atoms with Gasteiger partial charge in [-0.2, -0.15) is 0 Å².